The molecule has 1 N–H and O–H groups in total. The maximum atomic E-state index is 12.5. The Morgan fingerprint density at radius 2 is 2.03 bits per heavy atom. The van der Waals surface area contributed by atoms with Crippen molar-refractivity contribution in [1.29, 1.82) is 5.26 Å². The Balaban J connectivity index is 1.36. The molecule has 4 rings (SSSR count). The molecule has 152 valence electrons. The minimum Gasteiger partial charge on any atom is -0.497 e. The standard InChI is InChI=1S/C21H23N3O4S/c1-27-17-3-5-18(6-4-17)29(25,26)23-8-9-24-12-16-14-28-21-7-2-15(11-22)10-19(21)20(16)13-24/h2-7,10,16,20,23H,8-9,12-14H2,1H3/t16-,20+/m1/s1. The fraction of sp³-hybridized carbons (Fsp3) is 0.381. The molecule has 2 aromatic rings. The van der Waals surface area contributed by atoms with E-state index in [2.05, 4.69) is 15.7 Å². The van der Waals surface area contributed by atoms with Crippen molar-refractivity contribution in [3.05, 3.63) is 53.6 Å². The molecule has 8 heteroatoms. The minimum absolute atomic E-state index is 0.222. The number of methoxy groups -OCH3 is 1. The predicted octanol–water partition coefficient (Wildman–Crippen LogP) is 1.95. The van der Waals surface area contributed by atoms with Crippen molar-refractivity contribution >= 4 is 10.0 Å². The van der Waals surface area contributed by atoms with Gasteiger partial charge in [0.15, 0.2) is 0 Å². The summed E-state index contributed by atoms with van der Waals surface area (Å²) in [5.41, 5.74) is 1.72. The lowest BCUT2D eigenvalue weighted by molar-refractivity contribution is 0.213. The molecule has 2 atom stereocenters. The van der Waals surface area contributed by atoms with E-state index in [9.17, 15) is 13.7 Å². The van der Waals surface area contributed by atoms with E-state index in [1.54, 1.807) is 25.3 Å². The first-order valence-corrected chi connectivity index (χ1v) is 11.0. The third-order valence-electron chi connectivity index (χ3n) is 5.60. The van der Waals surface area contributed by atoms with Crippen LogP contribution in [0, 0.1) is 17.2 Å². The molecule has 2 aliphatic rings. The Hall–Kier alpha value is -2.60. The monoisotopic (exact) mass is 413 g/mol. The number of likely N-dealkylation sites (tertiary alicyclic amines) is 1. The molecule has 0 radical (unpaired) electrons. The van der Waals surface area contributed by atoms with Crippen molar-refractivity contribution in [2.75, 3.05) is 39.9 Å². The zero-order valence-corrected chi connectivity index (χ0v) is 17.0. The largest absolute Gasteiger partial charge is 0.497 e. The molecule has 1 saturated heterocycles. The lowest BCUT2D eigenvalue weighted by Gasteiger charge is -2.27. The zero-order chi connectivity index (χ0) is 20.4. The molecule has 1 fully saturated rings. The third kappa shape index (κ3) is 4.08. The first-order valence-electron chi connectivity index (χ1n) is 9.53. The average Bonchev–Trinajstić information content (AvgIpc) is 3.16. The van der Waals surface area contributed by atoms with Crippen LogP contribution in [0.5, 0.6) is 11.5 Å². The molecule has 0 saturated carbocycles. The summed E-state index contributed by atoms with van der Waals surface area (Å²) in [4.78, 5) is 2.48. The van der Waals surface area contributed by atoms with E-state index in [0.717, 1.165) is 24.4 Å². The quantitative estimate of drug-likeness (QED) is 0.778. The number of nitrogens with zero attached hydrogens (tertiary/aromatic N) is 2. The van der Waals surface area contributed by atoms with Crippen molar-refractivity contribution in [2.45, 2.75) is 10.8 Å². The second-order valence-corrected chi connectivity index (χ2v) is 9.14. The molecule has 7 nitrogen and oxygen atoms in total. The number of ether oxygens (including phenoxy) is 2. The van der Waals surface area contributed by atoms with E-state index in [4.69, 9.17) is 9.47 Å². The van der Waals surface area contributed by atoms with E-state index >= 15 is 0 Å². The zero-order valence-electron chi connectivity index (χ0n) is 16.2. The molecule has 0 aromatic heterocycles. The second-order valence-electron chi connectivity index (χ2n) is 7.37. The summed E-state index contributed by atoms with van der Waals surface area (Å²) in [6.45, 7) is 3.29. The topological polar surface area (TPSA) is 91.7 Å². The molecule has 2 aliphatic heterocycles. The number of nitrogens with one attached hydrogen (secondary N) is 1. The van der Waals surface area contributed by atoms with Crippen LogP contribution in [0.15, 0.2) is 47.4 Å². The highest BCUT2D eigenvalue weighted by molar-refractivity contribution is 7.89. The molecule has 0 amide bonds. The number of rotatable bonds is 6. The van der Waals surface area contributed by atoms with Gasteiger partial charge in [0.05, 0.1) is 30.2 Å². The van der Waals surface area contributed by atoms with Gasteiger partial charge in [0.1, 0.15) is 11.5 Å². The van der Waals surface area contributed by atoms with Gasteiger partial charge in [-0.3, -0.25) is 0 Å². The van der Waals surface area contributed by atoms with Crippen LogP contribution in [-0.2, 0) is 10.0 Å². The number of benzene rings is 2. The highest BCUT2D eigenvalue weighted by atomic mass is 32.2. The maximum Gasteiger partial charge on any atom is 0.240 e. The molecular weight excluding hydrogens is 390 g/mol. The van der Waals surface area contributed by atoms with Gasteiger partial charge >= 0.3 is 0 Å². The molecule has 2 heterocycles. The maximum absolute atomic E-state index is 12.5. The Morgan fingerprint density at radius 3 is 2.76 bits per heavy atom. The van der Waals surface area contributed by atoms with Crippen LogP contribution in [0.1, 0.15) is 17.0 Å². The van der Waals surface area contributed by atoms with Crippen molar-refractivity contribution in [1.82, 2.24) is 9.62 Å². The van der Waals surface area contributed by atoms with Crippen molar-refractivity contribution in [2.24, 2.45) is 5.92 Å². The van der Waals surface area contributed by atoms with E-state index < -0.39 is 10.0 Å². The van der Waals surface area contributed by atoms with E-state index in [1.165, 1.54) is 12.1 Å². The van der Waals surface area contributed by atoms with Crippen LogP contribution in [-0.4, -0.2) is 53.2 Å². The van der Waals surface area contributed by atoms with Crippen molar-refractivity contribution in [3.63, 3.8) is 0 Å². The van der Waals surface area contributed by atoms with Crippen LogP contribution in [0.25, 0.3) is 0 Å². The first-order chi connectivity index (χ1) is 14.0. The van der Waals surface area contributed by atoms with Crippen molar-refractivity contribution < 1.29 is 17.9 Å². The SMILES string of the molecule is COc1ccc(S(=O)(=O)NCCN2C[C@@H]3COc4ccc(C#N)cc4[C@H]3C2)cc1. The van der Waals surface area contributed by atoms with Gasteiger partial charge in [-0.1, -0.05) is 0 Å². The Labute approximate surface area is 170 Å². The molecule has 0 unspecified atom stereocenters. The summed E-state index contributed by atoms with van der Waals surface area (Å²) >= 11 is 0. The lowest BCUT2D eigenvalue weighted by atomic mass is 9.86. The summed E-state index contributed by atoms with van der Waals surface area (Å²) in [5, 5.41) is 9.17. The minimum atomic E-state index is -3.55. The van der Waals surface area contributed by atoms with Crippen LogP contribution in [0.3, 0.4) is 0 Å². The highest BCUT2D eigenvalue weighted by Gasteiger charge is 2.38. The number of fused-ring (bicyclic) bond motifs is 3. The lowest BCUT2D eigenvalue weighted by Crippen LogP contribution is -2.34. The number of hydrogen-bond donors (Lipinski definition) is 1. The van der Waals surface area contributed by atoms with Gasteiger partial charge in [-0.05, 0) is 42.5 Å². The molecule has 2 aromatic carbocycles. The number of hydrogen-bond acceptors (Lipinski definition) is 6. The third-order valence-corrected chi connectivity index (χ3v) is 7.07. The normalized spacial score (nSPS) is 21.0. The molecular formula is C21H23N3O4S. The van der Waals surface area contributed by atoms with Gasteiger partial charge in [-0.25, -0.2) is 13.1 Å². The molecule has 29 heavy (non-hydrogen) atoms. The Morgan fingerprint density at radius 1 is 1.24 bits per heavy atom. The van der Waals surface area contributed by atoms with Crippen molar-refractivity contribution in [3.8, 4) is 17.6 Å². The number of nitriles is 1. The summed E-state index contributed by atoms with van der Waals surface area (Å²) < 4.78 is 38.5. The Bertz CT molecular complexity index is 1030. The Kier molecular flexibility index (Phi) is 5.46. The first kappa shape index (κ1) is 19.7. The molecule has 0 spiro atoms. The fourth-order valence-electron chi connectivity index (χ4n) is 4.08. The highest BCUT2D eigenvalue weighted by Crippen LogP contribution is 2.41. The van der Waals surface area contributed by atoms with Gasteiger partial charge in [-0.15, -0.1) is 0 Å². The molecule has 0 bridgehead atoms. The summed E-state index contributed by atoms with van der Waals surface area (Å²) in [6.07, 6.45) is 0. The van der Waals surface area contributed by atoms with Crippen LogP contribution in [0.2, 0.25) is 0 Å². The van der Waals surface area contributed by atoms with Gasteiger partial charge in [0, 0.05) is 43.6 Å². The average molecular weight is 413 g/mol. The van der Waals surface area contributed by atoms with Crippen LogP contribution < -0.4 is 14.2 Å². The summed E-state index contributed by atoms with van der Waals surface area (Å²) in [7, 11) is -2.01. The predicted molar refractivity (Wildman–Crippen MR) is 108 cm³/mol. The fourth-order valence-corrected chi connectivity index (χ4v) is 5.10. The van der Waals surface area contributed by atoms with E-state index in [-0.39, 0.29) is 4.90 Å². The van der Waals surface area contributed by atoms with Gasteiger partial charge < -0.3 is 14.4 Å². The number of sulfonamides is 1. The van der Waals surface area contributed by atoms with Gasteiger partial charge in [-0.2, -0.15) is 5.26 Å². The smallest absolute Gasteiger partial charge is 0.240 e. The van der Waals surface area contributed by atoms with Crippen LogP contribution in [0.4, 0.5) is 0 Å². The van der Waals surface area contributed by atoms with E-state index in [1.807, 2.05) is 12.1 Å². The van der Waals surface area contributed by atoms with Gasteiger partial charge in [0.2, 0.25) is 10.0 Å². The van der Waals surface area contributed by atoms with Gasteiger partial charge in [0.25, 0.3) is 0 Å². The van der Waals surface area contributed by atoms with E-state index in [0.29, 0.717) is 42.8 Å². The van der Waals surface area contributed by atoms with Crippen LogP contribution >= 0.6 is 0 Å². The summed E-state index contributed by atoms with van der Waals surface area (Å²) in [5.74, 6) is 2.14. The summed E-state index contributed by atoms with van der Waals surface area (Å²) in [6, 6.07) is 14.1. The molecule has 0 aliphatic carbocycles. The second kappa shape index (κ2) is 8.03.